The first kappa shape index (κ1) is 15.7. The van der Waals surface area contributed by atoms with E-state index in [2.05, 4.69) is 19.2 Å². The van der Waals surface area contributed by atoms with Crippen molar-refractivity contribution in [3.8, 4) is 0 Å². The molecule has 1 amide bonds. The first-order valence-electron chi connectivity index (χ1n) is 6.71. The highest BCUT2D eigenvalue weighted by Gasteiger charge is 2.16. The molecule has 4 nitrogen and oxygen atoms in total. The van der Waals surface area contributed by atoms with Gasteiger partial charge in [0.15, 0.2) is 0 Å². The molecule has 0 radical (unpaired) electrons. The number of hydrogen-bond donors (Lipinski definition) is 3. The zero-order chi connectivity index (χ0) is 14.4. The van der Waals surface area contributed by atoms with E-state index < -0.39 is 6.10 Å². The minimum absolute atomic E-state index is 0.103. The van der Waals surface area contributed by atoms with Crippen LogP contribution in [0.15, 0.2) is 24.3 Å². The second-order valence-corrected chi connectivity index (χ2v) is 5.37. The van der Waals surface area contributed by atoms with E-state index in [9.17, 15) is 9.90 Å². The molecule has 1 aromatic rings. The molecule has 0 unspecified atom stereocenters. The van der Waals surface area contributed by atoms with Crippen molar-refractivity contribution in [2.75, 3.05) is 5.32 Å². The molecule has 19 heavy (non-hydrogen) atoms. The minimum Gasteiger partial charge on any atom is -0.391 e. The van der Waals surface area contributed by atoms with Crippen LogP contribution in [-0.4, -0.2) is 17.1 Å². The van der Waals surface area contributed by atoms with Crippen molar-refractivity contribution in [3.63, 3.8) is 0 Å². The lowest BCUT2D eigenvalue weighted by Crippen LogP contribution is -2.26. The van der Waals surface area contributed by atoms with Gasteiger partial charge < -0.3 is 16.2 Å². The van der Waals surface area contributed by atoms with Crippen molar-refractivity contribution >= 4 is 11.6 Å². The van der Waals surface area contributed by atoms with Crippen LogP contribution in [0.3, 0.4) is 0 Å². The lowest BCUT2D eigenvalue weighted by atomic mass is 9.96. The molecule has 0 saturated heterocycles. The molecule has 0 heterocycles. The summed E-state index contributed by atoms with van der Waals surface area (Å²) in [5.74, 6) is 0.456. The highest BCUT2D eigenvalue weighted by molar-refractivity contribution is 5.88. The van der Waals surface area contributed by atoms with Crippen LogP contribution in [0.4, 0.5) is 5.69 Å². The monoisotopic (exact) mass is 264 g/mol. The van der Waals surface area contributed by atoms with Crippen LogP contribution in [0.1, 0.15) is 45.2 Å². The number of nitrogens with two attached hydrogens (primary N) is 1. The van der Waals surface area contributed by atoms with Gasteiger partial charge in [-0.25, -0.2) is 0 Å². The van der Waals surface area contributed by atoms with E-state index in [4.69, 9.17) is 5.73 Å². The Bertz CT molecular complexity index is 401. The molecule has 0 aliphatic heterocycles. The lowest BCUT2D eigenvalue weighted by molar-refractivity contribution is -0.114. The molecule has 0 aliphatic rings. The fourth-order valence-electron chi connectivity index (χ4n) is 1.90. The number of amides is 1. The van der Waals surface area contributed by atoms with Crippen LogP contribution in [-0.2, 0) is 4.79 Å². The van der Waals surface area contributed by atoms with Gasteiger partial charge in [-0.2, -0.15) is 0 Å². The van der Waals surface area contributed by atoms with E-state index in [1.54, 1.807) is 12.1 Å². The van der Waals surface area contributed by atoms with Crippen LogP contribution >= 0.6 is 0 Å². The van der Waals surface area contributed by atoms with Gasteiger partial charge in [-0.15, -0.1) is 0 Å². The highest BCUT2D eigenvalue weighted by Crippen LogP contribution is 2.21. The molecule has 0 fully saturated rings. The van der Waals surface area contributed by atoms with Gasteiger partial charge in [-0.3, -0.25) is 4.79 Å². The maximum absolute atomic E-state index is 10.9. The predicted octanol–water partition coefficient (Wildman–Crippen LogP) is 2.44. The number of nitrogens with one attached hydrogen (secondary N) is 1. The Morgan fingerprint density at radius 1 is 1.26 bits per heavy atom. The van der Waals surface area contributed by atoms with Gasteiger partial charge >= 0.3 is 0 Å². The van der Waals surface area contributed by atoms with Gasteiger partial charge in [0.1, 0.15) is 0 Å². The van der Waals surface area contributed by atoms with Crippen molar-refractivity contribution in [2.45, 2.75) is 45.8 Å². The molecule has 106 valence electrons. The van der Waals surface area contributed by atoms with E-state index in [-0.39, 0.29) is 11.9 Å². The molecular formula is C15H24N2O2. The summed E-state index contributed by atoms with van der Waals surface area (Å²) in [5.41, 5.74) is 7.65. The van der Waals surface area contributed by atoms with Crippen molar-refractivity contribution in [1.29, 1.82) is 0 Å². The van der Waals surface area contributed by atoms with Crippen molar-refractivity contribution in [1.82, 2.24) is 0 Å². The Morgan fingerprint density at radius 2 is 1.84 bits per heavy atom. The minimum atomic E-state index is -0.533. The number of aliphatic hydroxyl groups excluding tert-OH is 1. The summed E-state index contributed by atoms with van der Waals surface area (Å²) >= 11 is 0. The van der Waals surface area contributed by atoms with E-state index in [1.165, 1.54) is 6.92 Å². The summed E-state index contributed by atoms with van der Waals surface area (Å²) in [6.45, 7) is 5.72. The zero-order valence-electron chi connectivity index (χ0n) is 11.9. The SMILES string of the molecule is CC(=O)Nc1ccc([C@@H](N)[C@@H](O)CCC(C)C)cc1. The Balaban J connectivity index is 2.61. The Morgan fingerprint density at radius 3 is 2.32 bits per heavy atom. The van der Waals surface area contributed by atoms with E-state index in [0.29, 0.717) is 12.3 Å². The average molecular weight is 264 g/mol. The zero-order valence-corrected chi connectivity index (χ0v) is 11.9. The van der Waals surface area contributed by atoms with Gasteiger partial charge in [0.25, 0.3) is 0 Å². The summed E-state index contributed by atoms with van der Waals surface area (Å²) in [7, 11) is 0. The molecular weight excluding hydrogens is 240 g/mol. The number of carbonyl (C=O) groups excluding carboxylic acids is 1. The molecule has 0 bridgehead atoms. The molecule has 0 spiro atoms. The third kappa shape index (κ3) is 5.41. The second-order valence-electron chi connectivity index (χ2n) is 5.37. The first-order valence-corrected chi connectivity index (χ1v) is 6.71. The van der Waals surface area contributed by atoms with Crippen molar-refractivity contribution in [2.24, 2.45) is 11.7 Å². The number of anilines is 1. The van der Waals surface area contributed by atoms with E-state index >= 15 is 0 Å². The standard InChI is InChI=1S/C15H24N2O2/c1-10(2)4-9-14(19)15(16)12-5-7-13(8-6-12)17-11(3)18/h5-8,10,14-15,19H,4,9,16H2,1-3H3,(H,17,18)/t14-,15+/m0/s1. The molecule has 0 saturated carbocycles. The number of benzene rings is 1. The average Bonchev–Trinajstić information content (AvgIpc) is 2.35. The van der Waals surface area contributed by atoms with Crippen molar-refractivity contribution < 1.29 is 9.90 Å². The topological polar surface area (TPSA) is 75.4 Å². The molecule has 2 atom stereocenters. The maximum Gasteiger partial charge on any atom is 0.221 e. The van der Waals surface area contributed by atoms with Crippen LogP contribution < -0.4 is 11.1 Å². The number of aliphatic hydroxyl groups is 1. The van der Waals surface area contributed by atoms with Gasteiger partial charge in [-0.05, 0) is 36.5 Å². The summed E-state index contributed by atoms with van der Waals surface area (Å²) in [5, 5.41) is 12.7. The third-order valence-electron chi connectivity index (χ3n) is 3.07. The smallest absolute Gasteiger partial charge is 0.221 e. The molecule has 1 aromatic carbocycles. The largest absolute Gasteiger partial charge is 0.391 e. The Labute approximate surface area is 115 Å². The fraction of sp³-hybridized carbons (Fsp3) is 0.533. The van der Waals surface area contributed by atoms with Gasteiger partial charge in [-0.1, -0.05) is 26.0 Å². The van der Waals surface area contributed by atoms with Crippen LogP contribution in [0, 0.1) is 5.92 Å². The maximum atomic E-state index is 10.9. The Hall–Kier alpha value is -1.39. The van der Waals surface area contributed by atoms with Crippen LogP contribution in [0.2, 0.25) is 0 Å². The predicted molar refractivity (Wildman–Crippen MR) is 77.8 cm³/mol. The van der Waals surface area contributed by atoms with Crippen molar-refractivity contribution in [3.05, 3.63) is 29.8 Å². The highest BCUT2D eigenvalue weighted by atomic mass is 16.3. The third-order valence-corrected chi connectivity index (χ3v) is 3.07. The lowest BCUT2D eigenvalue weighted by Gasteiger charge is -2.20. The number of hydrogen-bond acceptors (Lipinski definition) is 3. The van der Waals surface area contributed by atoms with E-state index in [0.717, 1.165) is 17.7 Å². The summed E-state index contributed by atoms with van der Waals surface area (Å²) < 4.78 is 0. The molecule has 0 aromatic heterocycles. The molecule has 4 heteroatoms. The van der Waals surface area contributed by atoms with E-state index in [1.807, 2.05) is 12.1 Å². The van der Waals surface area contributed by atoms with Crippen LogP contribution in [0.5, 0.6) is 0 Å². The normalized spacial score (nSPS) is 14.2. The second kappa shape index (κ2) is 7.26. The first-order chi connectivity index (χ1) is 8.90. The van der Waals surface area contributed by atoms with Crippen LogP contribution in [0.25, 0.3) is 0 Å². The summed E-state index contributed by atoms with van der Waals surface area (Å²) in [6, 6.07) is 6.89. The summed E-state index contributed by atoms with van der Waals surface area (Å²) in [4.78, 5) is 10.9. The number of rotatable bonds is 6. The summed E-state index contributed by atoms with van der Waals surface area (Å²) in [6.07, 6.45) is 1.12. The molecule has 4 N–H and O–H groups in total. The van der Waals surface area contributed by atoms with Gasteiger partial charge in [0, 0.05) is 12.6 Å². The number of carbonyl (C=O) groups is 1. The molecule has 0 aliphatic carbocycles. The quantitative estimate of drug-likeness (QED) is 0.738. The van der Waals surface area contributed by atoms with Gasteiger partial charge in [0.05, 0.1) is 12.1 Å². The fourth-order valence-corrected chi connectivity index (χ4v) is 1.90. The van der Waals surface area contributed by atoms with Gasteiger partial charge in [0.2, 0.25) is 5.91 Å². The Kier molecular flexibility index (Phi) is 5.99. The molecule has 1 rings (SSSR count).